The first-order chi connectivity index (χ1) is 39.0. The fourth-order valence-electron chi connectivity index (χ4n) is 14.9. The molecule has 0 radical (unpaired) electrons. The van der Waals surface area contributed by atoms with Crippen molar-refractivity contribution in [2.45, 2.75) is 69.7 Å². The van der Waals surface area contributed by atoms with E-state index >= 15 is 0 Å². The van der Waals surface area contributed by atoms with Gasteiger partial charge in [-0.05, 0) is 131 Å². The molecule has 16 rings (SSSR count). The molecule has 3 aliphatic carbocycles. The molecule has 4 aliphatic rings. The SMILES string of the molecule is CC(C)(C)c1ccc2c(c1)C1(c3ccccc3Oc3c(CN(c4ccc5c(c4)C4(c6ccccc6-c6ccccc64)c4ccccc4-5)c4ccccc4-n4c5ccccc5c5ccccc54)cccc31)c1cc(C(C)(C)C)ccc1-2. The Morgan fingerprint density at radius 1 is 0.375 bits per heavy atom. The number of nitrogens with zero attached hydrogens (tertiary/aromatic N) is 2. The van der Waals surface area contributed by atoms with E-state index in [-0.39, 0.29) is 10.8 Å². The second-order valence-electron chi connectivity index (χ2n) is 24.7. The number of anilines is 2. The third-order valence-corrected chi connectivity index (χ3v) is 18.5. The smallest absolute Gasteiger partial charge is 0.137 e. The van der Waals surface area contributed by atoms with Crippen LogP contribution in [-0.2, 0) is 28.2 Å². The van der Waals surface area contributed by atoms with Crippen LogP contribution in [0.4, 0.5) is 11.4 Å². The lowest BCUT2D eigenvalue weighted by Crippen LogP contribution is -2.33. The molecule has 1 aromatic heterocycles. The van der Waals surface area contributed by atoms with Crippen LogP contribution in [0.3, 0.4) is 0 Å². The van der Waals surface area contributed by atoms with Crippen LogP contribution >= 0.6 is 0 Å². The van der Waals surface area contributed by atoms with Gasteiger partial charge in [-0.15, -0.1) is 0 Å². The zero-order valence-corrected chi connectivity index (χ0v) is 46.1. The third-order valence-electron chi connectivity index (χ3n) is 18.5. The van der Waals surface area contributed by atoms with Crippen molar-refractivity contribution < 1.29 is 4.74 Å². The van der Waals surface area contributed by atoms with Gasteiger partial charge in [0.15, 0.2) is 0 Å². The van der Waals surface area contributed by atoms with Crippen LogP contribution in [0.2, 0.25) is 0 Å². The van der Waals surface area contributed by atoms with Crippen molar-refractivity contribution in [2.24, 2.45) is 0 Å². The first-order valence-electron chi connectivity index (χ1n) is 28.4. The van der Waals surface area contributed by atoms with Crippen molar-refractivity contribution >= 4 is 33.2 Å². The normalized spacial score (nSPS) is 14.5. The summed E-state index contributed by atoms with van der Waals surface area (Å²) in [6.07, 6.45) is 0. The summed E-state index contributed by atoms with van der Waals surface area (Å²) in [7, 11) is 0. The molecule has 12 aromatic rings. The van der Waals surface area contributed by atoms with Crippen molar-refractivity contribution in [3.63, 3.8) is 0 Å². The van der Waals surface area contributed by atoms with Crippen LogP contribution in [0, 0.1) is 0 Å². The molecule has 3 heteroatoms. The summed E-state index contributed by atoms with van der Waals surface area (Å²) in [5, 5.41) is 2.47. The zero-order chi connectivity index (χ0) is 53.9. The summed E-state index contributed by atoms with van der Waals surface area (Å²) in [5.41, 5.74) is 26.1. The van der Waals surface area contributed by atoms with Gasteiger partial charge in [-0.3, -0.25) is 0 Å². The number of hydrogen-bond acceptors (Lipinski definition) is 2. The van der Waals surface area contributed by atoms with Gasteiger partial charge in [-0.1, -0.05) is 242 Å². The standard InChI is InChI=1S/C77H60N2O/c1-74(2,3)49-38-41-55-56-42-39-50(75(4,5)6)45-66(56)77(65(55)44-49)63-31-15-20-37-72(63)80-73-48(22-21-32-64(73)77)47-78(70-35-18-19-36-71(70)79-68-33-16-10-26-58(68)59-27-11-17-34-69(59)79)51-40-43-57-54-25-9-14-30-62(54)76(67(57)46-51)60-28-12-7-23-52(60)53-24-8-13-29-61(53)76/h7-46H,47H2,1-6H3. The number of benzene rings is 11. The second kappa shape index (κ2) is 16.7. The molecule has 0 fully saturated rings. The molecule has 11 aromatic carbocycles. The van der Waals surface area contributed by atoms with E-state index in [1.165, 1.54) is 111 Å². The number of ether oxygens (including phenoxy) is 1. The van der Waals surface area contributed by atoms with Crippen molar-refractivity contribution in [2.75, 3.05) is 4.90 Å². The number of para-hydroxylation sites is 6. The first kappa shape index (κ1) is 46.9. The van der Waals surface area contributed by atoms with Crippen molar-refractivity contribution in [3.8, 4) is 50.6 Å². The van der Waals surface area contributed by atoms with E-state index in [9.17, 15) is 0 Å². The molecular formula is C77H60N2O. The Bertz CT molecular complexity index is 4410. The molecule has 3 nitrogen and oxygen atoms in total. The fraction of sp³-hybridized carbons (Fsp3) is 0.143. The minimum atomic E-state index is -0.659. The Balaban J connectivity index is 0.973. The zero-order valence-electron chi connectivity index (χ0n) is 46.1. The maximum Gasteiger partial charge on any atom is 0.137 e. The highest BCUT2D eigenvalue weighted by molar-refractivity contribution is 6.10. The van der Waals surface area contributed by atoms with Crippen LogP contribution in [0.15, 0.2) is 243 Å². The maximum atomic E-state index is 7.55. The average molecular weight is 1030 g/mol. The lowest BCUT2D eigenvalue weighted by molar-refractivity contribution is 0.430. The Hall–Kier alpha value is -9.18. The molecule has 2 spiro atoms. The Kier molecular flexibility index (Phi) is 9.77. The summed E-state index contributed by atoms with van der Waals surface area (Å²) in [6.45, 7) is 14.5. The van der Waals surface area contributed by atoms with Crippen LogP contribution in [0.1, 0.15) is 103 Å². The summed E-state index contributed by atoms with van der Waals surface area (Å²) in [4.78, 5) is 2.58. The number of rotatable bonds is 5. The quantitative estimate of drug-likeness (QED) is 0.171. The van der Waals surface area contributed by atoms with Gasteiger partial charge in [-0.2, -0.15) is 0 Å². The first-order valence-corrected chi connectivity index (χ1v) is 28.4. The summed E-state index contributed by atoms with van der Waals surface area (Å²) < 4.78 is 10.0. The van der Waals surface area contributed by atoms with E-state index in [2.05, 4.69) is 294 Å². The van der Waals surface area contributed by atoms with Crippen molar-refractivity contribution in [1.82, 2.24) is 4.57 Å². The molecule has 384 valence electrons. The van der Waals surface area contributed by atoms with Crippen LogP contribution in [-0.4, -0.2) is 4.57 Å². The maximum absolute atomic E-state index is 7.55. The molecule has 0 bridgehead atoms. The largest absolute Gasteiger partial charge is 0.456 e. The van der Waals surface area contributed by atoms with Gasteiger partial charge < -0.3 is 14.2 Å². The lowest BCUT2D eigenvalue weighted by Gasteiger charge is -2.41. The predicted octanol–water partition coefficient (Wildman–Crippen LogP) is 19.5. The molecule has 80 heavy (non-hydrogen) atoms. The van der Waals surface area contributed by atoms with Crippen LogP contribution in [0.25, 0.3) is 60.9 Å². The molecule has 0 amide bonds. The third kappa shape index (κ3) is 6.26. The Morgan fingerprint density at radius 3 is 1.39 bits per heavy atom. The van der Waals surface area contributed by atoms with Gasteiger partial charge >= 0.3 is 0 Å². The molecule has 0 atom stereocenters. The average Bonchev–Trinajstić information content (AvgIpc) is 4.28. The molecule has 0 unspecified atom stereocenters. The molecular weight excluding hydrogens is 969 g/mol. The minimum absolute atomic E-state index is 0.0698. The Labute approximate surface area is 469 Å². The van der Waals surface area contributed by atoms with Gasteiger partial charge in [-0.25, -0.2) is 0 Å². The second-order valence-corrected chi connectivity index (χ2v) is 24.7. The van der Waals surface area contributed by atoms with E-state index < -0.39 is 10.8 Å². The fourth-order valence-corrected chi connectivity index (χ4v) is 14.9. The van der Waals surface area contributed by atoms with Gasteiger partial charge in [0.2, 0.25) is 0 Å². The van der Waals surface area contributed by atoms with Crippen LogP contribution < -0.4 is 9.64 Å². The molecule has 1 aliphatic heterocycles. The van der Waals surface area contributed by atoms with E-state index in [1.807, 2.05) is 0 Å². The van der Waals surface area contributed by atoms with E-state index in [4.69, 9.17) is 4.74 Å². The van der Waals surface area contributed by atoms with E-state index in [0.29, 0.717) is 6.54 Å². The monoisotopic (exact) mass is 1030 g/mol. The highest BCUT2D eigenvalue weighted by Crippen LogP contribution is 2.65. The highest BCUT2D eigenvalue weighted by atomic mass is 16.5. The molecule has 0 N–H and O–H groups in total. The number of hydrogen-bond donors (Lipinski definition) is 0. The van der Waals surface area contributed by atoms with E-state index in [1.54, 1.807) is 0 Å². The summed E-state index contributed by atoms with van der Waals surface area (Å²) >= 11 is 0. The lowest BCUT2D eigenvalue weighted by atomic mass is 9.64. The number of fused-ring (bicyclic) bond motifs is 22. The van der Waals surface area contributed by atoms with Gasteiger partial charge in [0, 0.05) is 33.2 Å². The number of aromatic nitrogens is 1. The van der Waals surface area contributed by atoms with E-state index in [0.717, 1.165) is 34.1 Å². The molecule has 0 saturated heterocycles. The van der Waals surface area contributed by atoms with Gasteiger partial charge in [0.25, 0.3) is 0 Å². The van der Waals surface area contributed by atoms with Gasteiger partial charge in [0.05, 0.1) is 39.8 Å². The highest BCUT2D eigenvalue weighted by Gasteiger charge is 2.54. The molecule has 2 heterocycles. The summed E-state index contributed by atoms with van der Waals surface area (Å²) in [5.74, 6) is 1.80. The summed E-state index contributed by atoms with van der Waals surface area (Å²) in [6, 6.07) is 91.9. The Morgan fingerprint density at radius 2 is 0.812 bits per heavy atom. The minimum Gasteiger partial charge on any atom is -0.456 e. The van der Waals surface area contributed by atoms with Crippen LogP contribution in [0.5, 0.6) is 11.5 Å². The van der Waals surface area contributed by atoms with Gasteiger partial charge in [0.1, 0.15) is 11.5 Å². The van der Waals surface area contributed by atoms with Crippen molar-refractivity contribution in [1.29, 1.82) is 0 Å². The predicted molar refractivity (Wildman–Crippen MR) is 331 cm³/mol. The van der Waals surface area contributed by atoms with Crippen molar-refractivity contribution in [3.05, 3.63) is 304 Å². The molecule has 0 saturated carbocycles. The topological polar surface area (TPSA) is 17.4 Å².